The molecule has 0 aliphatic carbocycles. The predicted molar refractivity (Wildman–Crippen MR) is 42.4 cm³/mol. The molecule has 66 valence electrons. The Morgan fingerprint density at radius 3 is 2.64 bits per heavy atom. The zero-order valence-corrected chi connectivity index (χ0v) is 7.05. The Morgan fingerprint density at radius 2 is 2.09 bits per heavy atom. The van der Waals surface area contributed by atoms with Crippen molar-refractivity contribution in [1.29, 1.82) is 0 Å². The third-order valence-corrected chi connectivity index (χ3v) is 1.94. The van der Waals surface area contributed by atoms with Crippen molar-refractivity contribution < 1.29 is 9.13 Å². The zero-order chi connectivity index (χ0) is 8.10. The van der Waals surface area contributed by atoms with Crippen LogP contribution in [0.25, 0.3) is 0 Å². The standard InChI is InChI=1S/C8H16FNO/c1-8(6-9)7-10-2-4-11-5-3-10/h8H,2-7H2,1H3. The Labute approximate surface area is 67.3 Å². The van der Waals surface area contributed by atoms with Gasteiger partial charge in [0, 0.05) is 19.6 Å². The fraction of sp³-hybridized carbons (Fsp3) is 1.00. The summed E-state index contributed by atoms with van der Waals surface area (Å²) in [4.78, 5) is 2.26. The van der Waals surface area contributed by atoms with Crippen LogP contribution in [0.5, 0.6) is 0 Å². The molecule has 1 atom stereocenters. The van der Waals surface area contributed by atoms with Crippen LogP contribution in [-0.4, -0.2) is 44.4 Å². The molecule has 0 aromatic rings. The van der Waals surface area contributed by atoms with Crippen molar-refractivity contribution in [3.8, 4) is 0 Å². The third kappa shape index (κ3) is 3.16. The lowest BCUT2D eigenvalue weighted by Crippen LogP contribution is -2.39. The topological polar surface area (TPSA) is 12.5 Å². The van der Waals surface area contributed by atoms with Crippen molar-refractivity contribution >= 4 is 0 Å². The van der Waals surface area contributed by atoms with Crippen LogP contribution in [0.3, 0.4) is 0 Å². The number of ether oxygens (including phenoxy) is 1. The average molecular weight is 161 g/mol. The predicted octanol–water partition coefficient (Wildman–Crippen LogP) is 0.924. The molecule has 0 amide bonds. The summed E-state index contributed by atoms with van der Waals surface area (Å²) >= 11 is 0. The van der Waals surface area contributed by atoms with E-state index < -0.39 is 0 Å². The smallest absolute Gasteiger partial charge is 0.0932 e. The molecule has 3 heteroatoms. The monoisotopic (exact) mass is 161 g/mol. The van der Waals surface area contributed by atoms with Gasteiger partial charge in [-0.25, -0.2) is 0 Å². The molecule has 1 fully saturated rings. The van der Waals surface area contributed by atoms with E-state index in [-0.39, 0.29) is 12.6 Å². The number of morpholine rings is 1. The summed E-state index contributed by atoms with van der Waals surface area (Å²) in [5.41, 5.74) is 0. The Balaban J connectivity index is 2.13. The van der Waals surface area contributed by atoms with Gasteiger partial charge in [-0.3, -0.25) is 9.29 Å². The van der Waals surface area contributed by atoms with Crippen LogP contribution in [0.1, 0.15) is 6.92 Å². The Morgan fingerprint density at radius 1 is 1.45 bits per heavy atom. The van der Waals surface area contributed by atoms with E-state index in [1.165, 1.54) is 0 Å². The second-order valence-electron chi connectivity index (χ2n) is 3.17. The molecule has 1 saturated heterocycles. The maximum Gasteiger partial charge on any atom is 0.0932 e. The van der Waals surface area contributed by atoms with Crippen LogP contribution in [0, 0.1) is 5.92 Å². The summed E-state index contributed by atoms with van der Waals surface area (Å²) < 4.78 is 17.3. The molecule has 1 rings (SSSR count). The Bertz CT molecular complexity index is 104. The van der Waals surface area contributed by atoms with Crippen LogP contribution in [0.4, 0.5) is 4.39 Å². The van der Waals surface area contributed by atoms with E-state index >= 15 is 0 Å². The first kappa shape index (κ1) is 8.94. The minimum absolute atomic E-state index is 0.174. The quantitative estimate of drug-likeness (QED) is 0.610. The molecule has 11 heavy (non-hydrogen) atoms. The molecular formula is C8H16FNO. The molecule has 0 radical (unpaired) electrons. The lowest BCUT2D eigenvalue weighted by atomic mass is 10.2. The van der Waals surface area contributed by atoms with Gasteiger partial charge in [0.05, 0.1) is 19.9 Å². The molecule has 1 aliphatic rings. The number of halogens is 1. The van der Waals surface area contributed by atoms with Crippen LogP contribution in [0.2, 0.25) is 0 Å². The second kappa shape index (κ2) is 4.67. The number of hydrogen-bond acceptors (Lipinski definition) is 2. The summed E-state index contributed by atoms with van der Waals surface area (Å²) in [6, 6.07) is 0. The first-order valence-electron chi connectivity index (χ1n) is 4.19. The van der Waals surface area contributed by atoms with Crippen molar-refractivity contribution in [1.82, 2.24) is 4.90 Å². The highest BCUT2D eigenvalue weighted by atomic mass is 19.1. The average Bonchev–Trinajstić information content (AvgIpc) is 2.06. The molecular weight excluding hydrogens is 145 g/mol. The third-order valence-electron chi connectivity index (χ3n) is 1.94. The minimum atomic E-state index is -0.211. The second-order valence-corrected chi connectivity index (χ2v) is 3.17. The van der Waals surface area contributed by atoms with Crippen molar-refractivity contribution in [2.45, 2.75) is 6.92 Å². The first-order valence-corrected chi connectivity index (χ1v) is 4.19. The van der Waals surface area contributed by atoms with E-state index in [2.05, 4.69) is 4.90 Å². The van der Waals surface area contributed by atoms with Gasteiger partial charge in [-0.05, 0) is 5.92 Å². The van der Waals surface area contributed by atoms with Gasteiger partial charge in [-0.2, -0.15) is 0 Å². The number of alkyl halides is 1. The van der Waals surface area contributed by atoms with E-state index in [4.69, 9.17) is 4.74 Å². The molecule has 1 unspecified atom stereocenters. The normalized spacial score (nSPS) is 23.5. The Kier molecular flexibility index (Phi) is 3.80. The summed E-state index contributed by atoms with van der Waals surface area (Å²) in [5, 5.41) is 0. The summed E-state index contributed by atoms with van der Waals surface area (Å²) in [6.07, 6.45) is 0. The van der Waals surface area contributed by atoms with Crippen molar-refractivity contribution in [2.24, 2.45) is 5.92 Å². The van der Waals surface area contributed by atoms with Crippen molar-refractivity contribution in [2.75, 3.05) is 39.5 Å². The van der Waals surface area contributed by atoms with Crippen LogP contribution < -0.4 is 0 Å². The SMILES string of the molecule is CC(CF)CN1CCOCC1. The van der Waals surface area contributed by atoms with Gasteiger partial charge in [-0.1, -0.05) is 6.92 Å². The lowest BCUT2D eigenvalue weighted by Gasteiger charge is -2.28. The van der Waals surface area contributed by atoms with Crippen LogP contribution >= 0.6 is 0 Å². The van der Waals surface area contributed by atoms with Gasteiger partial charge in [-0.15, -0.1) is 0 Å². The number of hydrogen-bond donors (Lipinski definition) is 0. The molecule has 0 aromatic carbocycles. The molecule has 1 aliphatic heterocycles. The van der Waals surface area contributed by atoms with E-state index in [9.17, 15) is 4.39 Å². The molecule has 0 N–H and O–H groups in total. The maximum atomic E-state index is 12.1. The van der Waals surface area contributed by atoms with Gasteiger partial charge in [0.15, 0.2) is 0 Å². The van der Waals surface area contributed by atoms with Crippen molar-refractivity contribution in [3.05, 3.63) is 0 Å². The van der Waals surface area contributed by atoms with Gasteiger partial charge >= 0.3 is 0 Å². The Hall–Kier alpha value is -0.150. The van der Waals surface area contributed by atoms with E-state index in [0.29, 0.717) is 0 Å². The summed E-state index contributed by atoms with van der Waals surface area (Å²) in [6.45, 7) is 6.14. The fourth-order valence-electron chi connectivity index (χ4n) is 1.27. The van der Waals surface area contributed by atoms with Gasteiger partial charge in [0.1, 0.15) is 0 Å². The van der Waals surface area contributed by atoms with E-state index in [1.807, 2.05) is 6.92 Å². The van der Waals surface area contributed by atoms with Crippen LogP contribution in [-0.2, 0) is 4.74 Å². The zero-order valence-electron chi connectivity index (χ0n) is 7.05. The van der Waals surface area contributed by atoms with Gasteiger partial charge < -0.3 is 4.74 Å². The van der Waals surface area contributed by atoms with Crippen molar-refractivity contribution in [3.63, 3.8) is 0 Å². The lowest BCUT2D eigenvalue weighted by molar-refractivity contribution is 0.0302. The van der Waals surface area contributed by atoms with Crippen LogP contribution in [0.15, 0.2) is 0 Å². The molecule has 0 spiro atoms. The molecule has 0 aromatic heterocycles. The highest BCUT2D eigenvalue weighted by molar-refractivity contribution is 4.64. The minimum Gasteiger partial charge on any atom is -0.379 e. The number of nitrogens with zero attached hydrogens (tertiary/aromatic N) is 1. The maximum absolute atomic E-state index is 12.1. The largest absolute Gasteiger partial charge is 0.379 e. The fourth-order valence-corrected chi connectivity index (χ4v) is 1.27. The summed E-state index contributed by atoms with van der Waals surface area (Å²) in [5.74, 6) is 0.174. The van der Waals surface area contributed by atoms with E-state index in [1.54, 1.807) is 0 Å². The van der Waals surface area contributed by atoms with Gasteiger partial charge in [0.2, 0.25) is 0 Å². The summed E-state index contributed by atoms with van der Waals surface area (Å²) in [7, 11) is 0. The first-order chi connectivity index (χ1) is 5.33. The molecule has 1 heterocycles. The molecule has 0 bridgehead atoms. The molecule has 0 saturated carbocycles. The van der Waals surface area contributed by atoms with E-state index in [0.717, 1.165) is 32.8 Å². The number of rotatable bonds is 3. The van der Waals surface area contributed by atoms with Gasteiger partial charge in [0.25, 0.3) is 0 Å². The molecule has 2 nitrogen and oxygen atoms in total. The highest BCUT2D eigenvalue weighted by Crippen LogP contribution is 2.03. The highest BCUT2D eigenvalue weighted by Gasteiger charge is 2.12.